The number of carbonyl (C=O) groups is 3. The Morgan fingerprint density at radius 3 is 2.50 bits per heavy atom. The van der Waals surface area contributed by atoms with E-state index in [0.717, 1.165) is 31.2 Å². The zero-order chi connectivity index (χ0) is 17.2. The van der Waals surface area contributed by atoms with E-state index in [0.29, 0.717) is 6.42 Å². The fraction of sp³-hybridized carbons (Fsp3) is 0.526. The van der Waals surface area contributed by atoms with Gasteiger partial charge in [0.15, 0.2) is 0 Å². The molecule has 1 saturated heterocycles. The Morgan fingerprint density at radius 1 is 1.21 bits per heavy atom. The zero-order valence-electron chi connectivity index (χ0n) is 14.0. The third-order valence-electron chi connectivity index (χ3n) is 5.34. The normalized spacial score (nSPS) is 22.5. The van der Waals surface area contributed by atoms with Gasteiger partial charge < -0.3 is 4.74 Å². The van der Waals surface area contributed by atoms with E-state index < -0.39 is 11.5 Å². The van der Waals surface area contributed by atoms with E-state index in [1.54, 1.807) is 6.92 Å². The van der Waals surface area contributed by atoms with E-state index in [1.165, 1.54) is 4.90 Å². The molecule has 24 heavy (non-hydrogen) atoms. The summed E-state index contributed by atoms with van der Waals surface area (Å²) < 4.78 is 5.11. The topological polar surface area (TPSA) is 63.7 Å². The molecule has 0 aromatic heterocycles. The highest BCUT2D eigenvalue weighted by Crippen LogP contribution is 2.42. The number of ether oxygens (including phenoxy) is 1. The first-order valence-electron chi connectivity index (χ1n) is 8.56. The van der Waals surface area contributed by atoms with Crippen LogP contribution in [0.25, 0.3) is 0 Å². The minimum absolute atomic E-state index is 0.0560. The fourth-order valence-electron chi connectivity index (χ4n) is 3.88. The number of Topliss-reactive ketones (excluding diaryl/α,β-unsaturated/α-hetero) is 1. The van der Waals surface area contributed by atoms with Gasteiger partial charge in [0.2, 0.25) is 5.91 Å². The molecular weight excluding hydrogens is 306 g/mol. The van der Waals surface area contributed by atoms with Gasteiger partial charge in [0, 0.05) is 11.8 Å². The van der Waals surface area contributed by atoms with Crippen LogP contribution in [0.2, 0.25) is 0 Å². The van der Waals surface area contributed by atoms with Crippen molar-refractivity contribution in [2.45, 2.75) is 51.5 Å². The molecule has 0 spiro atoms. The number of hydrogen-bond donors (Lipinski definition) is 0. The summed E-state index contributed by atoms with van der Waals surface area (Å²) in [4.78, 5) is 38.2. The molecule has 1 atom stereocenters. The molecule has 2 amide bonds. The number of imide groups is 1. The van der Waals surface area contributed by atoms with E-state index in [1.807, 2.05) is 30.3 Å². The Kier molecular flexibility index (Phi) is 4.69. The largest absolute Gasteiger partial charge is 0.447 e. The maximum Gasteiger partial charge on any atom is 0.416 e. The van der Waals surface area contributed by atoms with E-state index >= 15 is 0 Å². The van der Waals surface area contributed by atoms with Gasteiger partial charge in [0.05, 0.1) is 6.04 Å². The fourth-order valence-corrected chi connectivity index (χ4v) is 3.88. The number of rotatable bonds is 5. The number of carbonyl (C=O) groups excluding carboxylic acids is 3. The highest BCUT2D eigenvalue weighted by molar-refractivity contribution is 5.97. The summed E-state index contributed by atoms with van der Waals surface area (Å²) in [6.45, 7) is 1.77. The number of nitrogens with zero attached hydrogens (tertiary/aromatic N) is 1. The molecule has 1 aliphatic carbocycles. The Morgan fingerprint density at radius 2 is 1.88 bits per heavy atom. The van der Waals surface area contributed by atoms with Gasteiger partial charge >= 0.3 is 6.09 Å². The van der Waals surface area contributed by atoms with Gasteiger partial charge in [0.1, 0.15) is 12.4 Å². The van der Waals surface area contributed by atoms with Gasteiger partial charge in [-0.05, 0) is 31.7 Å². The Balaban J connectivity index is 1.74. The van der Waals surface area contributed by atoms with Crippen LogP contribution in [0.3, 0.4) is 0 Å². The molecule has 0 unspecified atom stereocenters. The molecule has 3 rings (SSSR count). The van der Waals surface area contributed by atoms with Crippen molar-refractivity contribution in [2.75, 3.05) is 6.61 Å². The van der Waals surface area contributed by atoms with Crippen LogP contribution >= 0.6 is 0 Å². The molecule has 1 saturated carbocycles. The molecule has 5 nitrogen and oxygen atoms in total. The summed E-state index contributed by atoms with van der Waals surface area (Å²) in [7, 11) is 0. The molecule has 2 fully saturated rings. The maximum absolute atomic E-state index is 12.8. The van der Waals surface area contributed by atoms with Crippen molar-refractivity contribution >= 4 is 17.8 Å². The summed E-state index contributed by atoms with van der Waals surface area (Å²) in [6.07, 6.45) is 3.50. The molecule has 0 N–H and O–H groups in total. The Labute approximate surface area is 142 Å². The summed E-state index contributed by atoms with van der Waals surface area (Å²) >= 11 is 0. The predicted octanol–water partition coefficient (Wildman–Crippen LogP) is 3.12. The van der Waals surface area contributed by atoms with Crippen LogP contribution in [0.5, 0.6) is 0 Å². The summed E-state index contributed by atoms with van der Waals surface area (Å²) in [5.41, 5.74) is 0.470. The number of ketones is 1. The quantitative estimate of drug-likeness (QED) is 0.832. The van der Waals surface area contributed by atoms with Crippen molar-refractivity contribution in [3.05, 3.63) is 35.9 Å². The first-order valence-corrected chi connectivity index (χ1v) is 8.56. The molecule has 2 aliphatic rings. The van der Waals surface area contributed by atoms with Gasteiger partial charge in [0.25, 0.3) is 0 Å². The van der Waals surface area contributed by atoms with Crippen molar-refractivity contribution in [1.82, 2.24) is 4.90 Å². The van der Waals surface area contributed by atoms with Crippen LogP contribution in [0.4, 0.5) is 4.79 Å². The molecule has 1 heterocycles. The van der Waals surface area contributed by atoms with Crippen LogP contribution in [-0.2, 0) is 20.7 Å². The minimum atomic E-state index is -0.586. The van der Waals surface area contributed by atoms with Crippen LogP contribution in [0.15, 0.2) is 30.3 Å². The molecule has 0 radical (unpaired) electrons. The zero-order valence-corrected chi connectivity index (χ0v) is 14.0. The minimum Gasteiger partial charge on any atom is -0.447 e. The third kappa shape index (κ3) is 3.21. The van der Waals surface area contributed by atoms with Gasteiger partial charge in [-0.2, -0.15) is 0 Å². The lowest BCUT2D eigenvalue weighted by Crippen LogP contribution is -2.43. The molecule has 128 valence electrons. The maximum atomic E-state index is 12.8. The van der Waals surface area contributed by atoms with Crippen molar-refractivity contribution in [3.8, 4) is 0 Å². The van der Waals surface area contributed by atoms with Crippen molar-refractivity contribution in [1.29, 1.82) is 0 Å². The highest BCUT2D eigenvalue weighted by Gasteiger charge is 2.45. The summed E-state index contributed by atoms with van der Waals surface area (Å²) in [6, 6.07) is 9.45. The Hall–Kier alpha value is -2.17. The first kappa shape index (κ1) is 16.7. The number of benzene rings is 1. The third-order valence-corrected chi connectivity index (χ3v) is 5.34. The van der Waals surface area contributed by atoms with E-state index in [9.17, 15) is 14.4 Å². The monoisotopic (exact) mass is 329 g/mol. The highest BCUT2D eigenvalue weighted by atomic mass is 16.6. The molecule has 0 bridgehead atoms. The Bertz CT molecular complexity index is 634. The standard InChI is InChI=1S/C19H23NO4/c1-14(21)19(9-5-6-10-19)12-17(22)20-16(13-24-18(20)23)11-15-7-3-2-4-8-15/h2-4,7-8,16H,5-6,9-13H2,1H3/t16-/m1/s1. The smallest absolute Gasteiger partial charge is 0.416 e. The second-order valence-electron chi connectivity index (χ2n) is 6.90. The van der Waals surface area contributed by atoms with Crippen LogP contribution in [-0.4, -0.2) is 35.3 Å². The van der Waals surface area contributed by atoms with Crippen molar-refractivity contribution in [3.63, 3.8) is 0 Å². The van der Waals surface area contributed by atoms with Gasteiger partial charge in [-0.1, -0.05) is 43.2 Å². The van der Waals surface area contributed by atoms with Crippen LogP contribution in [0.1, 0.15) is 44.6 Å². The van der Waals surface area contributed by atoms with Gasteiger partial charge in [-0.25, -0.2) is 9.69 Å². The molecular formula is C19H23NO4. The first-order chi connectivity index (χ1) is 11.5. The molecule has 1 aromatic carbocycles. The molecule has 5 heteroatoms. The summed E-state index contributed by atoms with van der Waals surface area (Å²) in [5, 5.41) is 0. The average Bonchev–Trinajstić information content (AvgIpc) is 3.16. The van der Waals surface area contributed by atoms with Gasteiger partial charge in [-0.15, -0.1) is 0 Å². The SMILES string of the molecule is CC(=O)C1(CC(=O)N2C(=O)OC[C@H]2Cc2ccccc2)CCCC1. The van der Waals surface area contributed by atoms with E-state index in [-0.39, 0.29) is 30.8 Å². The van der Waals surface area contributed by atoms with Crippen molar-refractivity contribution in [2.24, 2.45) is 5.41 Å². The van der Waals surface area contributed by atoms with Crippen LogP contribution in [0, 0.1) is 5.41 Å². The number of amides is 2. The predicted molar refractivity (Wildman–Crippen MR) is 88.3 cm³/mol. The lowest BCUT2D eigenvalue weighted by molar-refractivity contribution is -0.137. The lowest BCUT2D eigenvalue weighted by Gasteiger charge is -2.28. The number of hydrogen-bond acceptors (Lipinski definition) is 4. The second-order valence-corrected chi connectivity index (χ2v) is 6.90. The summed E-state index contributed by atoms with van der Waals surface area (Å²) in [5.74, 6) is -0.226. The molecule has 1 aromatic rings. The number of cyclic esters (lactones) is 1. The van der Waals surface area contributed by atoms with Crippen molar-refractivity contribution < 1.29 is 19.1 Å². The van der Waals surface area contributed by atoms with Crippen LogP contribution < -0.4 is 0 Å². The molecule has 1 aliphatic heterocycles. The van der Waals surface area contributed by atoms with Gasteiger partial charge in [-0.3, -0.25) is 9.59 Å². The lowest BCUT2D eigenvalue weighted by atomic mass is 9.78. The van der Waals surface area contributed by atoms with E-state index in [2.05, 4.69) is 0 Å². The van der Waals surface area contributed by atoms with E-state index in [4.69, 9.17) is 4.74 Å². The second kappa shape index (κ2) is 6.75. The average molecular weight is 329 g/mol.